The van der Waals surface area contributed by atoms with Crippen molar-refractivity contribution in [1.29, 1.82) is 0 Å². The van der Waals surface area contributed by atoms with Gasteiger partial charge in [-0.05, 0) is 30.7 Å². The third-order valence-electron chi connectivity index (χ3n) is 3.52. The molecule has 0 unspecified atom stereocenters. The minimum absolute atomic E-state index is 0.197. The molecule has 0 atom stereocenters. The molecule has 0 aliphatic carbocycles. The van der Waals surface area contributed by atoms with Crippen LogP contribution in [-0.2, 0) is 11.3 Å². The van der Waals surface area contributed by atoms with Crippen molar-refractivity contribution in [3.05, 3.63) is 65.0 Å². The third kappa shape index (κ3) is 4.23. The number of halogens is 1. The predicted molar refractivity (Wildman–Crippen MR) is 89.0 cm³/mol. The second kappa shape index (κ2) is 7.61. The number of benzene rings is 1. The van der Waals surface area contributed by atoms with Crippen LogP contribution < -0.4 is 15.7 Å². The summed E-state index contributed by atoms with van der Waals surface area (Å²) in [6.45, 7) is 0.578. The van der Waals surface area contributed by atoms with Gasteiger partial charge in [0, 0.05) is 25.4 Å². The van der Waals surface area contributed by atoms with Gasteiger partial charge in [0.15, 0.2) is 12.3 Å². The first-order chi connectivity index (χ1) is 12.1. The van der Waals surface area contributed by atoms with Gasteiger partial charge in [0.2, 0.25) is 0 Å². The van der Waals surface area contributed by atoms with Gasteiger partial charge in [0.05, 0.1) is 0 Å². The van der Waals surface area contributed by atoms with E-state index in [1.54, 1.807) is 24.4 Å². The van der Waals surface area contributed by atoms with Gasteiger partial charge in [-0.25, -0.2) is 13.9 Å². The van der Waals surface area contributed by atoms with E-state index < -0.39 is 5.82 Å². The van der Waals surface area contributed by atoms with Crippen LogP contribution in [0.2, 0.25) is 0 Å². The molecule has 1 N–H and O–H groups in total. The third-order valence-corrected chi connectivity index (χ3v) is 3.52. The molecule has 1 amide bonds. The minimum Gasteiger partial charge on any atom is -0.484 e. The molecular formula is C17H17FN4O3. The van der Waals surface area contributed by atoms with Crippen molar-refractivity contribution in [3.63, 3.8) is 0 Å². The molecule has 25 heavy (non-hydrogen) atoms. The van der Waals surface area contributed by atoms with Crippen LogP contribution in [-0.4, -0.2) is 33.2 Å². The molecule has 3 rings (SSSR count). The maximum atomic E-state index is 13.0. The number of nitrogens with zero attached hydrogens (tertiary/aromatic N) is 3. The number of ether oxygens (including phenoxy) is 1. The molecule has 7 nitrogen and oxygen atoms in total. The smallest absolute Gasteiger partial charge is 0.350 e. The Bertz CT molecular complexity index is 935. The van der Waals surface area contributed by atoms with E-state index in [1.165, 1.54) is 27.3 Å². The normalized spacial score (nSPS) is 10.8. The number of carbonyl (C=O) groups excluding carboxylic acids is 1. The fraction of sp³-hybridized carbons (Fsp3) is 0.235. The van der Waals surface area contributed by atoms with Crippen molar-refractivity contribution in [2.45, 2.75) is 13.0 Å². The van der Waals surface area contributed by atoms with E-state index in [0.717, 1.165) is 0 Å². The van der Waals surface area contributed by atoms with Gasteiger partial charge in [-0.2, -0.15) is 0 Å². The van der Waals surface area contributed by atoms with Gasteiger partial charge in [-0.3, -0.25) is 9.20 Å². The molecule has 2 heterocycles. The fourth-order valence-corrected chi connectivity index (χ4v) is 2.33. The Morgan fingerprint density at radius 3 is 2.92 bits per heavy atom. The number of aromatic nitrogens is 3. The number of pyridine rings is 1. The van der Waals surface area contributed by atoms with Crippen molar-refractivity contribution in [2.75, 3.05) is 13.2 Å². The van der Waals surface area contributed by atoms with Crippen LogP contribution in [0.5, 0.6) is 5.75 Å². The number of carbonyl (C=O) groups is 1. The van der Waals surface area contributed by atoms with Crippen molar-refractivity contribution in [3.8, 4) is 5.75 Å². The first-order valence-corrected chi connectivity index (χ1v) is 7.83. The molecule has 1 aromatic carbocycles. The zero-order chi connectivity index (χ0) is 17.6. The molecule has 0 aliphatic heterocycles. The second-order valence-corrected chi connectivity index (χ2v) is 5.38. The maximum absolute atomic E-state index is 13.0. The summed E-state index contributed by atoms with van der Waals surface area (Å²) in [5, 5.41) is 6.89. The number of aryl methyl sites for hydroxylation is 1. The largest absolute Gasteiger partial charge is 0.484 e. The van der Waals surface area contributed by atoms with Crippen LogP contribution in [0.25, 0.3) is 5.65 Å². The molecule has 0 radical (unpaired) electrons. The van der Waals surface area contributed by atoms with Crippen molar-refractivity contribution in [1.82, 2.24) is 19.5 Å². The summed E-state index contributed by atoms with van der Waals surface area (Å²) in [6.07, 6.45) is 2.21. The van der Waals surface area contributed by atoms with Gasteiger partial charge in [-0.1, -0.05) is 12.1 Å². The molecule has 0 spiro atoms. The van der Waals surface area contributed by atoms with E-state index in [0.29, 0.717) is 30.9 Å². The van der Waals surface area contributed by atoms with Crippen LogP contribution in [0.3, 0.4) is 0 Å². The molecule has 0 saturated heterocycles. The first-order valence-electron chi connectivity index (χ1n) is 7.83. The molecule has 0 saturated carbocycles. The summed E-state index contributed by atoms with van der Waals surface area (Å²) in [6, 6.07) is 10.9. The highest BCUT2D eigenvalue weighted by Gasteiger charge is 2.06. The van der Waals surface area contributed by atoms with Crippen molar-refractivity contribution < 1.29 is 13.9 Å². The quantitative estimate of drug-likeness (QED) is 0.654. The van der Waals surface area contributed by atoms with E-state index >= 15 is 0 Å². The zero-order valence-corrected chi connectivity index (χ0v) is 13.4. The van der Waals surface area contributed by atoms with Gasteiger partial charge in [-0.15, -0.1) is 5.10 Å². The lowest BCUT2D eigenvalue weighted by atomic mass is 10.3. The number of rotatable bonds is 7. The van der Waals surface area contributed by atoms with Crippen LogP contribution in [0.4, 0.5) is 4.39 Å². The van der Waals surface area contributed by atoms with E-state index in [-0.39, 0.29) is 18.2 Å². The topological polar surface area (TPSA) is 77.6 Å². The minimum atomic E-state index is -0.421. The number of fused-ring (bicyclic) bond motifs is 1. The molecule has 8 heteroatoms. The van der Waals surface area contributed by atoms with Gasteiger partial charge in [0.25, 0.3) is 5.91 Å². The summed E-state index contributed by atoms with van der Waals surface area (Å²) < 4.78 is 21.0. The fourth-order valence-electron chi connectivity index (χ4n) is 2.33. The zero-order valence-electron chi connectivity index (χ0n) is 13.4. The number of nitrogens with one attached hydrogen (secondary N) is 1. The van der Waals surface area contributed by atoms with Crippen molar-refractivity contribution >= 4 is 11.6 Å². The van der Waals surface area contributed by atoms with Crippen LogP contribution in [0.1, 0.15) is 6.42 Å². The Hall–Kier alpha value is -3.16. The van der Waals surface area contributed by atoms with Gasteiger partial charge in [0.1, 0.15) is 11.6 Å². The molecular weight excluding hydrogens is 327 g/mol. The lowest BCUT2D eigenvalue weighted by Gasteiger charge is -2.07. The standard InChI is InChI=1S/C17H17FN4O3/c18-13-5-3-6-14(11-13)25-12-16(23)19-8-4-10-22-17(24)21-9-2-1-7-15(21)20-22/h1-3,5-7,9,11H,4,8,10,12H2,(H,19,23). The van der Waals surface area contributed by atoms with Gasteiger partial charge >= 0.3 is 5.69 Å². The average molecular weight is 344 g/mol. The van der Waals surface area contributed by atoms with Crippen LogP contribution >= 0.6 is 0 Å². The lowest BCUT2D eigenvalue weighted by Crippen LogP contribution is -2.31. The lowest BCUT2D eigenvalue weighted by molar-refractivity contribution is -0.123. The SMILES string of the molecule is O=C(COc1cccc(F)c1)NCCCn1nc2ccccn2c1=O. The summed E-state index contributed by atoms with van der Waals surface area (Å²) in [5.41, 5.74) is 0.372. The highest BCUT2D eigenvalue weighted by Crippen LogP contribution is 2.11. The summed E-state index contributed by atoms with van der Waals surface area (Å²) in [4.78, 5) is 23.8. The molecule has 0 bridgehead atoms. The predicted octanol–water partition coefficient (Wildman–Crippen LogP) is 1.22. The Morgan fingerprint density at radius 2 is 2.12 bits per heavy atom. The van der Waals surface area contributed by atoms with E-state index in [1.807, 2.05) is 6.07 Å². The average Bonchev–Trinajstić information content (AvgIpc) is 2.93. The Balaban J connectivity index is 1.42. The van der Waals surface area contributed by atoms with E-state index in [4.69, 9.17) is 4.74 Å². The monoisotopic (exact) mass is 344 g/mol. The highest BCUT2D eigenvalue weighted by molar-refractivity contribution is 5.77. The Labute approximate surface area is 142 Å². The summed E-state index contributed by atoms with van der Waals surface area (Å²) in [7, 11) is 0. The van der Waals surface area contributed by atoms with Crippen molar-refractivity contribution in [2.24, 2.45) is 0 Å². The molecule has 0 fully saturated rings. The number of hydrogen-bond donors (Lipinski definition) is 1. The second-order valence-electron chi connectivity index (χ2n) is 5.38. The molecule has 3 aromatic rings. The molecule has 2 aromatic heterocycles. The molecule has 130 valence electrons. The number of amides is 1. The van der Waals surface area contributed by atoms with Crippen LogP contribution in [0.15, 0.2) is 53.5 Å². The summed E-state index contributed by atoms with van der Waals surface area (Å²) in [5.74, 6) is -0.436. The maximum Gasteiger partial charge on any atom is 0.350 e. The van der Waals surface area contributed by atoms with Gasteiger partial charge < -0.3 is 10.1 Å². The molecule has 0 aliphatic rings. The van der Waals surface area contributed by atoms with E-state index in [2.05, 4.69) is 10.4 Å². The first kappa shape index (κ1) is 16.7. The highest BCUT2D eigenvalue weighted by atomic mass is 19.1. The van der Waals surface area contributed by atoms with E-state index in [9.17, 15) is 14.0 Å². The van der Waals surface area contributed by atoms with Crippen LogP contribution in [0, 0.1) is 5.82 Å². The Morgan fingerprint density at radius 1 is 1.24 bits per heavy atom. The summed E-state index contributed by atoms with van der Waals surface area (Å²) >= 11 is 0. The number of hydrogen-bond acceptors (Lipinski definition) is 4. The Kier molecular flexibility index (Phi) is 5.08.